The molecule has 0 aliphatic heterocycles. The number of hydrogen-bond acceptors (Lipinski definition) is 4. The van der Waals surface area contributed by atoms with E-state index in [2.05, 4.69) is 0 Å². The van der Waals surface area contributed by atoms with Crippen molar-refractivity contribution in [3.63, 3.8) is 0 Å². The Morgan fingerprint density at radius 2 is 1.52 bits per heavy atom. The van der Waals surface area contributed by atoms with Gasteiger partial charge in [0.15, 0.2) is 0 Å². The molecule has 2 aromatic rings. The summed E-state index contributed by atoms with van der Waals surface area (Å²) in [5.41, 5.74) is 0. The first-order valence-corrected chi connectivity index (χ1v) is 7.62. The maximum absolute atomic E-state index is 11.7. The average Bonchev–Trinajstić information content (AvgIpc) is 2.46. The van der Waals surface area contributed by atoms with E-state index >= 15 is 0 Å². The van der Waals surface area contributed by atoms with Crippen molar-refractivity contribution in [1.82, 2.24) is 0 Å². The second kappa shape index (κ2) is 6.18. The van der Waals surface area contributed by atoms with E-state index in [1.165, 1.54) is 26.4 Å². The largest absolute Gasteiger partial charge is 0.497 e. The van der Waals surface area contributed by atoms with E-state index in [1.54, 1.807) is 30.3 Å². The minimum atomic E-state index is -4.55. The predicted octanol–water partition coefficient (Wildman–Crippen LogP) is 2.30. The molecule has 2 rings (SSSR count). The van der Waals surface area contributed by atoms with Gasteiger partial charge in [0.2, 0.25) is 0 Å². The molecule has 0 radical (unpaired) electrons. The van der Waals surface area contributed by atoms with Crippen molar-refractivity contribution in [3.8, 4) is 23.0 Å². The molecule has 2 N–H and O–H groups in total. The molecule has 0 saturated carbocycles. The lowest BCUT2D eigenvalue weighted by atomic mass is 10.3. The van der Waals surface area contributed by atoms with Gasteiger partial charge in [-0.15, -0.1) is 0 Å². The molecule has 0 aromatic heterocycles. The molecule has 7 heteroatoms. The van der Waals surface area contributed by atoms with Crippen LogP contribution in [-0.2, 0) is 4.57 Å². The zero-order valence-corrected chi connectivity index (χ0v) is 12.4. The molecule has 0 atom stereocenters. The lowest BCUT2D eigenvalue weighted by Gasteiger charge is -2.15. The van der Waals surface area contributed by atoms with Gasteiger partial charge < -0.3 is 24.0 Å². The third kappa shape index (κ3) is 3.55. The van der Waals surface area contributed by atoms with Gasteiger partial charge in [-0.3, -0.25) is 4.57 Å². The van der Waals surface area contributed by atoms with Crippen LogP contribution in [0.15, 0.2) is 42.5 Å². The maximum atomic E-state index is 11.7. The zero-order valence-electron chi connectivity index (χ0n) is 11.5. The second-order valence-corrected chi connectivity index (χ2v) is 5.67. The molecule has 0 heterocycles. The number of hydrogen-bond donors (Lipinski definition) is 2. The van der Waals surface area contributed by atoms with Crippen molar-refractivity contribution in [2.75, 3.05) is 14.2 Å². The van der Waals surface area contributed by atoms with Crippen molar-refractivity contribution in [2.24, 2.45) is 0 Å². The van der Waals surface area contributed by atoms with E-state index in [4.69, 9.17) is 14.2 Å². The van der Waals surface area contributed by atoms with Gasteiger partial charge in [0.05, 0.1) is 14.2 Å². The highest BCUT2D eigenvalue weighted by Crippen LogP contribution is 2.42. The van der Waals surface area contributed by atoms with E-state index < -0.39 is 7.60 Å². The molecule has 0 fully saturated rings. The van der Waals surface area contributed by atoms with E-state index in [-0.39, 0.29) is 16.8 Å². The summed E-state index contributed by atoms with van der Waals surface area (Å²) in [5.74, 6) is 1.09. The SMILES string of the molecule is COc1cccc(Oc2cccc(OC)c2P(=O)(O)O)c1. The minimum absolute atomic E-state index is 0.0379. The van der Waals surface area contributed by atoms with Crippen molar-refractivity contribution < 1.29 is 28.6 Å². The van der Waals surface area contributed by atoms with Crippen molar-refractivity contribution in [2.45, 2.75) is 0 Å². The van der Waals surface area contributed by atoms with Crippen molar-refractivity contribution in [3.05, 3.63) is 42.5 Å². The van der Waals surface area contributed by atoms with E-state index in [0.29, 0.717) is 11.5 Å². The maximum Gasteiger partial charge on any atom is 0.363 e. The first-order valence-electron chi connectivity index (χ1n) is 6.00. The second-order valence-electron chi connectivity index (χ2n) is 4.13. The summed E-state index contributed by atoms with van der Waals surface area (Å²) in [6, 6.07) is 11.2. The van der Waals surface area contributed by atoms with Gasteiger partial charge in [0, 0.05) is 6.07 Å². The molecule has 0 spiro atoms. The zero-order chi connectivity index (χ0) is 15.5. The first-order chi connectivity index (χ1) is 9.95. The molecular formula is C14H15O6P. The Balaban J connectivity index is 2.46. The molecule has 112 valence electrons. The summed E-state index contributed by atoms with van der Waals surface area (Å²) in [6.45, 7) is 0. The molecule has 0 unspecified atom stereocenters. The Kier molecular flexibility index (Phi) is 4.53. The average molecular weight is 310 g/mol. The molecule has 0 aliphatic rings. The van der Waals surface area contributed by atoms with Crippen LogP contribution in [-0.4, -0.2) is 24.0 Å². The highest BCUT2D eigenvalue weighted by Gasteiger charge is 2.28. The minimum Gasteiger partial charge on any atom is -0.497 e. The molecule has 0 saturated heterocycles. The topological polar surface area (TPSA) is 85.2 Å². The summed E-state index contributed by atoms with van der Waals surface area (Å²) in [6.07, 6.45) is 0. The summed E-state index contributed by atoms with van der Waals surface area (Å²) < 4.78 is 27.3. The lowest BCUT2D eigenvalue weighted by molar-refractivity contribution is 0.376. The molecular weight excluding hydrogens is 295 g/mol. The smallest absolute Gasteiger partial charge is 0.363 e. The number of methoxy groups -OCH3 is 2. The molecule has 0 amide bonds. The van der Waals surface area contributed by atoms with Gasteiger partial charge in [0.1, 0.15) is 28.3 Å². The van der Waals surface area contributed by atoms with Gasteiger partial charge in [-0.2, -0.15) is 0 Å². The van der Waals surface area contributed by atoms with Crippen LogP contribution in [0.25, 0.3) is 0 Å². The Morgan fingerprint density at radius 3 is 2.14 bits per heavy atom. The fraction of sp³-hybridized carbons (Fsp3) is 0.143. The number of ether oxygens (including phenoxy) is 3. The van der Waals surface area contributed by atoms with Crippen LogP contribution in [0.1, 0.15) is 0 Å². The standard InChI is InChI=1S/C14H15O6P/c1-18-10-5-3-6-11(9-10)20-13-8-4-7-12(19-2)14(13)21(15,16)17/h3-9H,1-2H3,(H2,15,16,17). The van der Waals surface area contributed by atoms with Gasteiger partial charge in [-0.05, 0) is 24.3 Å². The Morgan fingerprint density at radius 1 is 0.905 bits per heavy atom. The molecule has 21 heavy (non-hydrogen) atoms. The lowest BCUT2D eigenvalue weighted by Crippen LogP contribution is -2.11. The van der Waals surface area contributed by atoms with Crippen LogP contribution < -0.4 is 19.5 Å². The van der Waals surface area contributed by atoms with Gasteiger partial charge in [-0.1, -0.05) is 12.1 Å². The summed E-state index contributed by atoms with van der Waals surface area (Å²) in [5, 5.41) is -0.282. The van der Waals surface area contributed by atoms with Crippen LogP contribution in [0, 0.1) is 0 Å². The normalized spacial score (nSPS) is 11.0. The van der Waals surface area contributed by atoms with Crippen LogP contribution >= 0.6 is 7.60 Å². The Hall–Kier alpha value is -2.01. The van der Waals surface area contributed by atoms with Crippen molar-refractivity contribution >= 4 is 12.9 Å². The van der Waals surface area contributed by atoms with Crippen LogP contribution in [0.3, 0.4) is 0 Å². The molecule has 2 aromatic carbocycles. The highest BCUT2D eigenvalue weighted by molar-refractivity contribution is 7.60. The monoisotopic (exact) mass is 310 g/mol. The van der Waals surface area contributed by atoms with Crippen molar-refractivity contribution in [1.29, 1.82) is 0 Å². The third-order valence-corrected chi connectivity index (χ3v) is 3.77. The third-order valence-electron chi connectivity index (χ3n) is 2.74. The van der Waals surface area contributed by atoms with E-state index in [1.807, 2.05) is 0 Å². The van der Waals surface area contributed by atoms with Crippen LogP contribution in [0.5, 0.6) is 23.0 Å². The van der Waals surface area contributed by atoms with E-state index in [9.17, 15) is 14.4 Å². The van der Waals surface area contributed by atoms with Crippen LogP contribution in [0.2, 0.25) is 0 Å². The van der Waals surface area contributed by atoms with Crippen LogP contribution in [0.4, 0.5) is 0 Å². The number of benzene rings is 2. The van der Waals surface area contributed by atoms with Gasteiger partial charge in [-0.25, -0.2) is 0 Å². The summed E-state index contributed by atoms with van der Waals surface area (Å²) in [4.78, 5) is 19.0. The molecule has 0 aliphatic carbocycles. The predicted molar refractivity (Wildman–Crippen MR) is 77.7 cm³/mol. The Labute approximate surface area is 122 Å². The highest BCUT2D eigenvalue weighted by atomic mass is 31.2. The summed E-state index contributed by atoms with van der Waals surface area (Å²) >= 11 is 0. The van der Waals surface area contributed by atoms with Gasteiger partial charge in [0.25, 0.3) is 0 Å². The first kappa shape index (κ1) is 15.4. The van der Waals surface area contributed by atoms with E-state index in [0.717, 1.165) is 0 Å². The fourth-order valence-corrected chi connectivity index (χ4v) is 2.69. The number of rotatable bonds is 5. The fourth-order valence-electron chi connectivity index (χ4n) is 1.83. The summed E-state index contributed by atoms with van der Waals surface area (Å²) in [7, 11) is -1.69. The Bertz CT molecular complexity index is 679. The molecule has 0 bridgehead atoms. The molecule has 6 nitrogen and oxygen atoms in total. The quantitative estimate of drug-likeness (QED) is 0.824. The van der Waals surface area contributed by atoms with Gasteiger partial charge >= 0.3 is 7.60 Å².